The standard InChI is InChI=1S/C19H30N4O2/c1-14(2)21(3)13-18(24)22-9-8-16-6-7-17(23(16)11-10-22)19(25)20-12-15-4-5-15/h6-7,14-15H,4-5,8-13H2,1-3H3,(H,20,25). The number of aromatic nitrogens is 1. The largest absolute Gasteiger partial charge is 0.350 e. The molecular formula is C19H30N4O2. The van der Waals surface area contributed by atoms with Crippen LogP contribution in [-0.2, 0) is 17.8 Å². The number of hydrogen-bond acceptors (Lipinski definition) is 3. The lowest BCUT2D eigenvalue weighted by Gasteiger charge is -2.26. The second kappa shape index (κ2) is 7.60. The van der Waals surface area contributed by atoms with Crippen molar-refractivity contribution in [3.05, 3.63) is 23.5 Å². The van der Waals surface area contributed by atoms with E-state index in [2.05, 4.69) is 28.6 Å². The number of hydrogen-bond donors (Lipinski definition) is 1. The second-order valence-electron chi connectivity index (χ2n) is 7.65. The van der Waals surface area contributed by atoms with Gasteiger partial charge in [0.25, 0.3) is 5.91 Å². The van der Waals surface area contributed by atoms with E-state index in [1.807, 2.05) is 24.1 Å². The van der Waals surface area contributed by atoms with Gasteiger partial charge in [-0.3, -0.25) is 14.5 Å². The minimum Gasteiger partial charge on any atom is -0.350 e. The summed E-state index contributed by atoms with van der Waals surface area (Å²) in [6.07, 6.45) is 3.26. The molecule has 1 aromatic rings. The first kappa shape index (κ1) is 18.0. The number of carbonyl (C=O) groups is 2. The molecule has 1 aliphatic heterocycles. The summed E-state index contributed by atoms with van der Waals surface area (Å²) in [5, 5.41) is 3.04. The van der Waals surface area contributed by atoms with Crippen LogP contribution in [0.25, 0.3) is 0 Å². The Bertz CT molecular complexity index is 633. The third kappa shape index (κ3) is 4.42. The van der Waals surface area contributed by atoms with Crippen LogP contribution >= 0.6 is 0 Å². The lowest BCUT2D eigenvalue weighted by molar-refractivity contribution is -0.132. The van der Waals surface area contributed by atoms with Crippen LogP contribution in [0.15, 0.2) is 12.1 Å². The van der Waals surface area contributed by atoms with Gasteiger partial charge >= 0.3 is 0 Å². The summed E-state index contributed by atoms with van der Waals surface area (Å²) in [6, 6.07) is 4.30. The normalized spacial score (nSPS) is 17.6. The Labute approximate surface area is 150 Å². The fourth-order valence-corrected chi connectivity index (χ4v) is 3.17. The topological polar surface area (TPSA) is 57.6 Å². The average molecular weight is 346 g/mol. The van der Waals surface area contributed by atoms with Gasteiger partial charge in [0.1, 0.15) is 5.69 Å². The number of nitrogens with one attached hydrogen (secondary N) is 1. The number of amides is 2. The van der Waals surface area contributed by atoms with Crippen molar-refractivity contribution in [1.82, 2.24) is 19.7 Å². The molecule has 0 saturated heterocycles. The van der Waals surface area contributed by atoms with E-state index in [-0.39, 0.29) is 11.8 Å². The summed E-state index contributed by atoms with van der Waals surface area (Å²) in [4.78, 5) is 29.0. The first-order valence-corrected chi connectivity index (χ1v) is 9.40. The van der Waals surface area contributed by atoms with Crippen molar-refractivity contribution in [3.63, 3.8) is 0 Å². The highest BCUT2D eigenvalue weighted by molar-refractivity contribution is 5.93. The maximum absolute atomic E-state index is 12.5. The molecule has 0 aromatic carbocycles. The molecule has 2 amide bonds. The summed E-state index contributed by atoms with van der Waals surface area (Å²) >= 11 is 0. The van der Waals surface area contributed by atoms with Gasteiger partial charge in [-0.2, -0.15) is 0 Å². The number of fused-ring (bicyclic) bond motifs is 1. The minimum absolute atomic E-state index is 0.0115. The van der Waals surface area contributed by atoms with Crippen molar-refractivity contribution in [2.75, 3.05) is 33.2 Å². The molecule has 2 heterocycles. The van der Waals surface area contributed by atoms with Crippen molar-refractivity contribution < 1.29 is 9.59 Å². The molecule has 1 saturated carbocycles. The smallest absolute Gasteiger partial charge is 0.267 e. The van der Waals surface area contributed by atoms with E-state index in [1.54, 1.807) is 0 Å². The van der Waals surface area contributed by atoms with Crippen LogP contribution in [0.2, 0.25) is 0 Å². The highest BCUT2D eigenvalue weighted by Gasteiger charge is 2.25. The van der Waals surface area contributed by atoms with E-state index >= 15 is 0 Å². The molecule has 0 radical (unpaired) electrons. The van der Waals surface area contributed by atoms with Crippen LogP contribution in [0.4, 0.5) is 0 Å². The fraction of sp³-hybridized carbons (Fsp3) is 0.684. The lowest BCUT2D eigenvalue weighted by Crippen LogP contribution is -2.42. The Hall–Kier alpha value is -1.82. The maximum atomic E-state index is 12.5. The minimum atomic E-state index is 0.0115. The molecule has 2 aliphatic rings. The summed E-state index contributed by atoms with van der Waals surface area (Å²) in [5.74, 6) is 0.854. The average Bonchev–Trinajstić information content (AvgIpc) is 3.35. The first-order valence-electron chi connectivity index (χ1n) is 9.40. The monoisotopic (exact) mass is 346 g/mol. The predicted molar refractivity (Wildman–Crippen MR) is 97.5 cm³/mol. The summed E-state index contributed by atoms with van der Waals surface area (Å²) in [5.41, 5.74) is 1.87. The van der Waals surface area contributed by atoms with Crippen LogP contribution in [0.1, 0.15) is 42.9 Å². The molecule has 3 rings (SSSR count). The third-order valence-electron chi connectivity index (χ3n) is 5.40. The van der Waals surface area contributed by atoms with Crippen molar-refractivity contribution in [2.45, 2.75) is 45.7 Å². The third-order valence-corrected chi connectivity index (χ3v) is 5.40. The van der Waals surface area contributed by atoms with Crippen molar-refractivity contribution in [3.8, 4) is 0 Å². The van der Waals surface area contributed by atoms with Crippen LogP contribution in [0, 0.1) is 5.92 Å². The molecule has 1 N–H and O–H groups in total. The van der Waals surface area contributed by atoms with E-state index in [1.165, 1.54) is 12.8 Å². The molecule has 0 spiro atoms. The Kier molecular flexibility index (Phi) is 5.47. The van der Waals surface area contributed by atoms with Crippen LogP contribution in [0.3, 0.4) is 0 Å². The van der Waals surface area contributed by atoms with Crippen molar-refractivity contribution >= 4 is 11.8 Å². The van der Waals surface area contributed by atoms with Crippen molar-refractivity contribution in [1.29, 1.82) is 0 Å². The number of likely N-dealkylation sites (N-methyl/N-ethyl adjacent to an activating group) is 1. The van der Waals surface area contributed by atoms with E-state index in [0.29, 0.717) is 31.6 Å². The van der Waals surface area contributed by atoms with Gasteiger partial charge in [0.05, 0.1) is 6.54 Å². The molecule has 6 heteroatoms. The van der Waals surface area contributed by atoms with Crippen molar-refractivity contribution in [2.24, 2.45) is 5.92 Å². The zero-order valence-electron chi connectivity index (χ0n) is 15.6. The number of rotatable bonds is 6. The highest BCUT2D eigenvalue weighted by Crippen LogP contribution is 2.27. The summed E-state index contributed by atoms with van der Waals surface area (Å²) < 4.78 is 2.08. The quantitative estimate of drug-likeness (QED) is 0.846. The molecule has 0 unspecified atom stereocenters. The molecule has 0 bridgehead atoms. The summed E-state index contributed by atoms with van der Waals surface area (Å²) in [7, 11) is 1.98. The molecule has 6 nitrogen and oxygen atoms in total. The van der Waals surface area contributed by atoms with E-state index in [4.69, 9.17) is 0 Å². The van der Waals surface area contributed by atoms with Gasteiger partial charge in [-0.25, -0.2) is 0 Å². The van der Waals surface area contributed by atoms with Gasteiger partial charge in [-0.05, 0) is 51.8 Å². The van der Waals surface area contributed by atoms with Gasteiger partial charge in [0, 0.05) is 44.3 Å². The Morgan fingerprint density at radius 2 is 2.00 bits per heavy atom. The highest BCUT2D eigenvalue weighted by atomic mass is 16.2. The second-order valence-corrected chi connectivity index (χ2v) is 7.65. The van der Waals surface area contributed by atoms with E-state index in [9.17, 15) is 9.59 Å². The molecule has 138 valence electrons. The van der Waals surface area contributed by atoms with Gasteiger partial charge in [0.2, 0.25) is 5.91 Å². The lowest BCUT2D eigenvalue weighted by atomic mass is 10.3. The van der Waals surface area contributed by atoms with Gasteiger partial charge in [-0.15, -0.1) is 0 Å². The van der Waals surface area contributed by atoms with Gasteiger partial charge in [0.15, 0.2) is 0 Å². The zero-order valence-corrected chi connectivity index (χ0v) is 15.6. The molecule has 25 heavy (non-hydrogen) atoms. The van der Waals surface area contributed by atoms with Crippen LogP contribution in [0.5, 0.6) is 0 Å². The van der Waals surface area contributed by atoms with Crippen LogP contribution < -0.4 is 5.32 Å². The fourth-order valence-electron chi connectivity index (χ4n) is 3.17. The summed E-state index contributed by atoms with van der Waals surface area (Å²) in [6.45, 7) is 7.48. The maximum Gasteiger partial charge on any atom is 0.267 e. The van der Waals surface area contributed by atoms with E-state index < -0.39 is 0 Å². The Morgan fingerprint density at radius 1 is 1.24 bits per heavy atom. The van der Waals surface area contributed by atoms with Gasteiger partial charge in [-0.1, -0.05) is 0 Å². The first-order chi connectivity index (χ1) is 12.0. The van der Waals surface area contributed by atoms with Crippen LogP contribution in [-0.4, -0.2) is 65.4 Å². The molecule has 1 fully saturated rings. The SMILES string of the molecule is CC(C)N(C)CC(=O)N1CCc2ccc(C(=O)NCC3CC3)n2CC1. The molecule has 0 atom stereocenters. The molecular weight excluding hydrogens is 316 g/mol. The Morgan fingerprint density at radius 3 is 2.68 bits per heavy atom. The predicted octanol–water partition coefficient (Wildman–Crippen LogP) is 1.35. The number of carbonyl (C=O) groups excluding carboxylic acids is 2. The van der Waals surface area contributed by atoms with Gasteiger partial charge < -0.3 is 14.8 Å². The molecule has 1 aromatic heterocycles. The number of nitrogens with zero attached hydrogens (tertiary/aromatic N) is 3. The zero-order chi connectivity index (χ0) is 18.0. The Balaban J connectivity index is 1.60. The molecule has 1 aliphatic carbocycles. The van der Waals surface area contributed by atoms with E-state index in [0.717, 1.165) is 30.9 Å².